The van der Waals surface area contributed by atoms with E-state index in [-0.39, 0.29) is 0 Å². The minimum absolute atomic E-state index is 0.319. The number of aromatic nitrogens is 1. The van der Waals surface area contributed by atoms with Crippen LogP contribution in [0, 0.1) is 0 Å². The van der Waals surface area contributed by atoms with Gasteiger partial charge in [-0.25, -0.2) is 0 Å². The lowest BCUT2D eigenvalue weighted by atomic mass is 10.1. The summed E-state index contributed by atoms with van der Waals surface area (Å²) in [5.74, 6) is 0.319. The van der Waals surface area contributed by atoms with Crippen LogP contribution in [0.15, 0.2) is 18.3 Å². The molecule has 2 heterocycles. The van der Waals surface area contributed by atoms with Crippen molar-refractivity contribution in [2.24, 2.45) is 0 Å². The summed E-state index contributed by atoms with van der Waals surface area (Å²) >= 11 is 0. The zero-order chi connectivity index (χ0) is 10.7. The van der Waals surface area contributed by atoms with E-state index in [1.54, 1.807) is 18.3 Å². The third kappa shape index (κ3) is 2.29. The molecule has 1 atom stereocenters. The van der Waals surface area contributed by atoms with Crippen LogP contribution in [0.5, 0.6) is 5.75 Å². The summed E-state index contributed by atoms with van der Waals surface area (Å²) in [6, 6.07) is 4.14. The van der Waals surface area contributed by atoms with E-state index in [4.69, 9.17) is 0 Å². The van der Waals surface area contributed by atoms with Crippen LogP contribution in [0.25, 0.3) is 0 Å². The summed E-state index contributed by atoms with van der Waals surface area (Å²) in [6.07, 6.45) is 5.48. The van der Waals surface area contributed by atoms with Crippen molar-refractivity contribution in [3.63, 3.8) is 0 Å². The van der Waals surface area contributed by atoms with Gasteiger partial charge in [-0.2, -0.15) is 0 Å². The molecule has 2 rings (SSSR count). The molecule has 0 saturated carbocycles. The fraction of sp³-hybridized carbons (Fsp3) is 0.583. The van der Waals surface area contributed by atoms with Crippen LogP contribution in [0.3, 0.4) is 0 Å². The number of hydrogen-bond acceptors (Lipinski definition) is 3. The van der Waals surface area contributed by atoms with Crippen LogP contribution < -0.4 is 0 Å². The molecule has 15 heavy (non-hydrogen) atoms. The molecule has 3 nitrogen and oxygen atoms in total. The Morgan fingerprint density at radius 2 is 2.47 bits per heavy atom. The van der Waals surface area contributed by atoms with Gasteiger partial charge in [0.05, 0.1) is 5.69 Å². The number of hydrogen-bond donors (Lipinski definition) is 1. The topological polar surface area (TPSA) is 36.4 Å². The zero-order valence-corrected chi connectivity index (χ0v) is 9.19. The lowest BCUT2D eigenvalue weighted by molar-refractivity contribution is 0.234. The maximum atomic E-state index is 9.64. The molecule has 82 valence electrons. The Morgan fingerprint density at radius 1 is 1.60 bits per heavy atom. The van der Waals surface area contributed by atoms with E-state index in [9.17, 15) is 5.11 Å². The van der Waals surface area contributed by atoms with Crippen molar-refractivity contribution >= 4 is 0 Å². The van der Waals surface area contributed by atoms with Crippen molar-refractivity contribution < 1.29 is 5.11 Å². The molecule has 1 N–H and O–H groups in total. The normalized spacial score (nSPS) is 22.1. The average Bonchev–Trinajstić information content (AvgIpc) is 2.69. The highest BCUT2D eigenvalue weighted by Gasteiger charge is 2.23. The lowest BCUT2D eigenvalue weighted by Gasteiger charge is -2.22. The van der Waals surface area contributed by atoms with Crippen molar-refractivity contribution in [1.82, 2.24) is 9.88 Å². The van der Waals surface area contributed by atoms with E-state index in [1.807, 2.05) is 0 Å². The van der Waals surface area contributed by atoms with E-state index in [0.717, 1.165) is 18.8 Å². The Balaban J connectivity index is 2.05. The molecule has 0 aromatic carbocycles. The van der Waals surface area contributed by atoms with Crippen LogP contribution in [0.2, 0.25) is 0 Å². The van der Waals surface area contributed by atoms with Crippen molar-refractivity contribution in [1.29, 1.82) is 0 Å². The van der Waals surface area contributed by atoms with E-state index >= 15 is 0 Å². The van der Waals surface area contributed by atoms with Crippen molar-refractivity contribution in [2.45, 2.75) is 38.8 Å². The van der Waals surface area contributed by atoms with Crippen LogP contribution in [-0.2, 0) is 6.54 Å². The SMILES string of the molecule is CCC1CCCN1Cc1ncccc1O. The number of likely N-dealkylation sites (tertiary alicyclic amines) is 1. The Hall–Kier alpha value is -1.09. The van der Waals surface area contributed by atoms with Gasteiger partial charge >= 0.3 is 0 Å². The fourth-order valence-electron chi connectivity index (χ4n) is 2.31. The molecule has 3 heteroatoms. The summed E-state index contributed by atoms with van der Waals surface area (Å²) in [5, 5.41) is 9.64. The molecule has 1 aliphatic heterocycles. The number of pyridine rings is 1. The first kappa shape index (κ1) is 10.4. The number of aromatic hydroxyl groups is 1. The van der Waals surface area contributed by atoms with Crippen molar-refractivity contribution in [3.8, 4) is 5.75 Å². The highest BCUT2D eigenvalue weighted by atomic mass is 16.3. The summed E-state index contributed by atoms with van der Waals surface area (Å²) in [7, 11) is 0. The maximum absolute atomic E-state index is 9.64. The molecule has 0 spiro atoms. The summed E-state index contributed by atoms with van der Waals surface area (Å²) in [4.78, 5) is 6.64. The van der Waals surface area contributed by atoms with Gasteiger partial charge in [0.25, 0.3) is 0 Å². The monoisotopic (exact) mass is 206 g/mol. The first-order chi connectivity index (χ1) is 7.31. The smallest absolute Gasteiger partial charge is 0.138 e. The van der Waals surface area contributed by atoms with Crippen LogP contribution in [-0.4, -0.2) is 27.6 Å². The highest BCUT2D eigenvalue weighted by Crippen LogP contribution is 2.24. The summed E-state index contributed by atoms with van der Waals surface area (Å²) < 4.78 is 0. The molecule has 0 aliphatic carbocycles. The average molecular weight is 206 g/mol. The molecule has 1 aliphatic rings. The Morgan fingerprint density at radius 3 is 3.20 bits per heavy atom. The molecule has 1 fully saturated rings. The van der Waals surface area contributed by atoms with E-state index < -0.39 is 0 Å². The molecule has 1 aromatic rings. The first-order valence-corrected chi connectivity index (χ1v) is 5.68. The molecule has 0 bridgehead atoms. The van der Waals surface area contributed by atoms with Gasteiger partial charge in [-0.3, -0.25) is 9.88 Å². The quantitative estimate of drug-likeness (QED) is 0.823. The van der Waals surface area contributed by atoms with Gasteiger partial charge in [0, 0.05) is 18.8 Å². The maximum Gasteiger partial charge on any atom is 0.138 e. The van der Waals surface area contributed by atoms with Crippen molar-refractivity contribution in [2.75, 3.05) is 6.54 Å². The predicted octanol–water partition coefficient (Wildman–Crippen LogP) is 2.16. The molecule has 1 aromatic heterocycles. The minimum atomic E-state index is 0.319. The van der Waals surface area contributed by atoms with Crippen LogP contribution in [0.1, 0.15) is 31.9 Å². The predicted molar refractivity (Wildman–Crippen MR) is 59.6 cm³/mol. The molecular weight excluding hydrogens is 188 g/mol. The third-order valence-electron chi connectivity index (χ3n) is 3.19. The zero-order valence-electron chi connectivity index (χ0n) is 9.19. The van der Waals surface area contributed by atoms with E-state index in [1.165, 1.54) is 19.3 Å². The Bertz CT molecular complexity index is 327. The standard InChI is InChI=1S/C12H18N2O/c1-2-10-5-4-8-14(10)9-11-12(15)6-3-7-13-11/h3,6-7,10,15H,2,4-5,8-9H2,1H3. The first-order valence-electron chi connectivity index (χ1n) is 5.68. The summed E-state index contributed by atoms with van der Waals surface area (Å²) in [5.41, 5.74) is 0.804. The van der Waals surface area contributed by atoms with Crippen LogP contribution >= 0.6 is 0 Å². The molecule has 1 saturated heterocycles. The Labute approximate surface area is 90.8 Å². The van der Waals surface area contributed by atoms with Gasteiger partial charge in [0.2, 0.25) is 0 Å². The van der Waals surface area contributed by atoms with Crippen molar-refractivity contribution in [3.05, 3.63) is 24.0 Å². The minimum Gasteiger partial charge on any atom is -0.506 e. The Kier molecular flexibility index (Phi) is 3.21. The molecule has 0 radical (unpaired) electrons. The van der Waals surface area contributed by atoms with Crippen LogP contribution in [0.4, 0.5) is 0 Å². The van der Waals surface area contributed by atoms with Gasteiger partial charge < -0.3 is 5.11 Å². The van der Waals surface area contributed by atoms with Gasteiger partial charge in [-0.15, -0.1) is 0 Å². The second-order valence-electron chi connectivity index (χ2n) is 4.14. The second kappa shape index (κ2) is 4.62. The molecule has 1 unspecified atom stereocenters. The lowest BCUT2D eigenvalue weighted by Crippen LogP contribution is -2.28. The van der Waals surface area contributed by atoms with Gasteiger partial charge in [0.15, 0.2) is 0 Å². The summed E-state index contributed by atoms with van der Waals surface area (Å²) in [6.45, 7) is 4.14. The highest BCUT2D eigenvalue weighted by molar-refractivity contribution is 5.24. The number of rotatable bonds is 3. The van der Waals surface area contributed by atoms with Gasteiger partial charge in [0.1, 0.15) is 5.75 Å². The fourth-order valence-corrected chi connectivity index (χ4v) is 2.31. The van der Waals surface area contributed by atoms with Gasteiger partial charge in [-0.05, 0) is 37.9 Å². The largest absolute Gasteiger partial charge is 0.506 e. The third-order valence-corrected chi connectivity index (χ3v) is 3.19. The molecular formula is C12H18N2O. The van der Waals surface area contributed by atoms with E-state index in [0.29, 0.717) is 11.8 Å². The van der Waals surface area contributed by atoms with Gasteiger partial charge in [-0.1, -0.05) is 6.92 Å². The molecule has 0 amide bonds. The second-order valence-corrected chi connectivity index (χ2v) is 4.14. The number of nitrogens with zero attached hydrogens (tertiary/aromatic N) is 2. The van der Waals surface area contributed by atoms with E-state index in [2.05, 4.69) is 16.8 Å².